The summed E-state index contributed by atoms with van der Waals surface area (Å²) in [6.07, 6.45) is 1.65. The fourth-order valence-corrected chi connectivity index (χ4v) is 2.02. The fraction of sp³-hybridized carbons (Fsp3) is 0. The molecule has 0 saturated carbocycles. The Hall–Kier alpha value is -1.41. The monoisotopic (exact) mass is 210 g/mol. The molecule has 0 saturated heterocycles. The molecular formula is C5H2N6S2. The van der Waals surface area contributed by atoms with E-state index in [2.05, 4.69) is 24.9 Å². The van der Waals surface area contributed by atoms with Crippen molar-refractivity contribution in [1.82, 2.24) is 29.4 Å². The van der Waals surface area contributed by atoms with E-state index >= 15 is 0 Å². The van der Waals surface area contributed by atoms with Crippen LogP contribution >= 0.6 is 22.9 Å². The lowest BCUT2D eigenvalue weighted by atomic mass is 10.5. The lowest BCUT2D eigenvalue weighted by Crippen LogP contribution is -1.86. The molecule has 3 aromatic heterocycles. The number of rotatable bonds is 1. The Balaban J connectivity index is 2.33. The maximum atomic E-state index is 4.10. The second-order valence-corrected chi connectivity index (χ2v) is 3.84. The summed E-state index contributed by atoms with van der Waals surface area (Å²) in [6, 6.07) is 0. The van der Waals surface area contributed by atoms with Crippen LogP contribution in [0.4, 0.5) is 0 Å². The van der Waals surface area contributed by atoms with Crippen LogP contribution in [-0.4, -0.2) is 29.4 Å². The van der Waals surface area contributed by atoms with Crippen LogP contribution < -0.4 is 0 Å². The summed E-state index contributed by atoms with van der Waals surface area (Å²) in [4.78, 5) is 1.65. The third kappa shape index (κ3) is 0.956. The highest BCUT2D eigenvalue weighted by Crippen LogP contribution is 2.20. The smallest absolute Gasteiger partial charge is 0.182 e. The van der Waals surface area contributed by atoms with Gasteiger partial charge in [0.2, 0.25) is 4.96 Å². The van der Waals surface area contributed by atoms with E-state index < -0.39 is 0 Å². The van der Waals surface area contributed by atoms with Crippen LogP contribution in [0.5, 0.6) is 0 Å². The Labute approximate surface area is 80.0 Å². The Morgan fingerprint density at radius 2 is 2.31 bits per heavy atom. The molecule has 3 aromatic rings. The van der Waals surface area contributed by atoms with Gasteiger partial charge in [-0.15, -0.1) is 15.3 Å². The summed E-state index contributed by atoms with van der Waals surface area (Å²) in [5.74, 6) is 0.700. The minimum atomic E-state index is 0.700. The van der Waals surface area contributed by atoms with Gasteiger partial charge in [0.25, 0.3) is 0 Å². The molecule has 0 N–H and O–H groups in total. The maximum Gasteiger partial charge on any atom is 0.234 e. The lowest BCUT2D eigenvalue weighted by molar-refractivity contribution is 0.968. The number of hydrogen-bond acceptors (Lipinski definition) is 7. The summed E-state index contributed by atoms with van der Waals surface area (Å²) in [5, 5.41) is 15.8. The van der Waals surface area contributed by atoms with Gasteiger partial charge >= 0.3 is 0 Å². The summed E-state index contributed by atoms with van der Waals surface area (Å²) in [7, 11) is 0. The van der Waals surface area contributed by atoms with E-state index in [4.69, 9.17) is 0 Å². The quantitative estimate of drug-likeness (QED) is 0.591. The van der Waals surface area contributed by atoms with Crippen molar-refractivity contribution in [2.24, 2.45) is 0 Å². The van der Waals surface area contributed by atoms with Crippen LogP contribution in [0, 0.1) is 0 Å². The molecule has 0 bridgehead atoms. The average Bonchev–Trinajstić information content (AvgIpc) is 2.79. The summed E-state index contributed by atoms with van der Waals surface area (Å²) in [6.45, 7) is 0. The van der Waals surface area contributed by atoms with Crippen molar-refractivity contribution < 1.29 is 0 Å². The molecular weight excluding hydrogens is 208 g/mol. The second-order valence-electron chi connectivity index (χ2n) is 2.24. The topological polar surface area (TPSA) is 68.9 Å². The van der Waals surface area contributed by atoms with Crippen LogP contribution in [0.2, 0.25) is 0 Å². The van der Waals surface area contributed by atoms with Crippen molar-refractivity contribution in [2.75, 3.05) is 0 Å². The predicted octanol–water partition coefficient (Wildman–Crippen LogP) is 0.704. The SMILES string of the molecule is c1nn2c(-c3cnns3)nnc2s1. The van der Waals surface area contributed by atoms with Gasteiger partial charge in [-0.1, -0.05) is 15.8 Å². The van der Waals surface area contributed by atoms with Gasteiger partial charge in [0.05, 0.1) is 6.20 Å². The maximum absolute atomic E-state index is 4.10. The highest BCUT2D eigenvalue weighted by Gasteiger charge is 2.11. The van der Waals surface area contributed by atoms with Gasteiger partial charge in [0, 0.05) is 0 Å². The van der Waals surface area contributed by atoms with E-state index in [1.54, 1.807) is 16.2 Å². The molecule has 0 aliphatic rings. The molecule has 6 nitrogen and oxygen atoms in total. The standard InChI is InChI=1S/C5H2N6S2/c1-3(13-10-6-1)4-8-9-5-11(4)7-2-12-5/h1-2H. The first-order chi connectivity index (χ1) is 6.45. The van der Waals surface area contributed by atoms with Gasteiger partial charge in [-0.05, 0) is 11.5 Å². The van der Waals surface area contributed by atoms with E-state index in [0.29, 0.717) is 5.82 Å². The zero-order chi connectivity index (χ0) is 8.67. The van der Waals surface area contributed by atoms with Gasteiger partial charge in [-0.3, -0.25) is 0 Å². The molecule has 0 amide bonds. The molecule has 3 rings (SSSR count). The van der Waals surface area contributed by atoms with Crippen molar-refractivity contribution in [3.8, 4) is 10.7 Å². The molecule has 0 aliphatic carbocycles. The molecule has 8 heteroatoms. The molecule has 13 heavy (non-hydrogen) atoms. The predicted molar refractivity (Wildman–Crippen MR) is 47.6 cm³/mol. The van der Waals surface area contributed by atoms with Gasteiger partial charge in [0.15, 0.2) is 5.82 Å². The van der Waals surface area contributed by atoms with Crippen LogP contribution in [0.15, 0.2) is 11.7 Å². The van der Waals surface area contributed by atoms with Crippen molar-refractivity contribution in [1.29, 1.82) is 0 Å². The first-order valence-electron chi connectivity index (χ1n) is 3.38. The zero-order valence-corrected chi connectivity index (χ0v) is 7.79. The number of hydrogen-bond donors (Lipinski definition) is 0. The molecule has 0 unspecified atom stereocenters. The summed E-state index contributed by atoms with van der Waals surface area (Å²) < 4.78 is 5.44. The fourth-order valence-electron chi connectivity index (χ4n) is 0.980. The average molecular weight is 210 g/mol. The minimum Gasteiger partial charge on any atom is -0.182 e. The van der Waals surface area contributed by atoms with Crippen LogP contribution in [0.1, 0.15) is 0 Å². The van der Waals surface area contributed by atoms with E-state index in [1.165, 1.54) is 22.9 Å². The van der Waals surface area contributed by atoms with Crippen molar-refractivity contribution in [3.63, 3.8) is 0 Å². The Morgan fingerprint density at radius 3 is 3.15 bits per heavy atom. The Bertz CT molecular complexity index is 522. The van der Waals surface area contributed by atoms with E-state index in [-0.39, 0.29) is 0 Å². The van der Waals surface area contributed by atoms with Crippen molar-refractivity contribution in [3.05, 3.63) is 11.7 Å². The number of fused-ring (bicyclic) bond motifs is 1. The van der Waals surface area contributed by atoms with E-state index in [9.17, 15) is 0 Å². The highest BCUT2D eigenvalue weighted by atomic mass is 32.1. The van der Waals surface area contributed by atoms with Gasteiger partial charge in [-0.25, -0.2) is 0 Å². The highest BCUT2D eigenvalue weighted by molar-refractivity contribution is 7.14. The van der Waals surface area contributed by atoms with Gasteiger partial charge < -0.3 is 0 Å². The molecule has 0 aromatic carbocycles. The van der Waals surface area contributed by atoms with Crippen LogP contribution in [0.25, 0.3) is 15.7 Å². The molecule has 0 aliphatic heterocycles. The van der Waals surface area contributed by atoms with E-state index in [1.807, 2.05) is 0 Å². The molecule has 64 valence electrons. The Kier molecular flexibility index (Phi) is 1.37. The van der Waals surface area contributed by atoms with Crippen molar-refractivity contribution >= 4 is 27.8 Å². The first kappa shape index (κ1) is 7.04. The number of aromatic nitrogens is 6. The summed E-state index contributed by atoms with van der Waals surface area (Å²) >= 11 is 2.73. The molecule has 0 spiro atoms. The summed E-state index contributed by atoms with van der Waals surface area (Å²) in [5.41, 5.74) is 1.72. The molecule has 0 fully saturated rings. The molecule has 0 atom stereocenters. The Morgan fingerprint density at radius 1 is 1.31 bits per heavy atom. The largest absolute Gasteiger partial charge is 0.234 e. The van der Waals surface area contributed by atoms with Gasteiger partial charge in [0.1, 0.15) is 10.4 Å². The van der Waals surface area contributed by atoms with Crippen molar-refractivity contribution in [2.45, 2.75) is 0 Å². The number of nitrogens with zero attached hydrogens (tertiary/aromatic N) is 6. The third-order valence-corrected chi connectivity index (χ3v) is 2.84. The van der Waals surface area contributed by atoms with Crippen LogP contribution in [-0.2, 0) is 0 Å². The van der Waals surface area contributed by atoms with E-state index in [0.717, 1.165) is 9.84 Å². The van der Waals surface area contributed by atoms with Gasteiger partial charge in [-0.2, -0.15) is 9.61 Å². The second kappa shape index (κ2) is 2.54. The first-order valence-corrected chi connectivity index (χ1v) is 5.03. The molecule has 0 radical (unpaired) electrons. The zero-order valence-electron chi connectivity index (χ0n) is 6.15. The normalized spacial score (nSPS) is 11.1. The minimum absolute atomic E-state index is 0.700. The third-order valence-electron chi connectivity index (χ3n) is 1.51. The van der Waals surface area contributed by atoms with Crippen LogP contribution in [0.3, 0.4) is 0 Å². The molecule has 3 heterocycles. The lowest BCUT2D eigenvalue weighted by Gasteiger charge is -1.85.